The van der Waals surface area contributed by atoms with Crippen molar-refractivity contribution in [2.45, 2.75) is 12.6 Å². The summed E-state index contributed by atoms with van der Waals surface area (Å²) >= 11 is 0. The van der Waals surface area contributed by atoms with Gasteiger partial charge >= 0.3 is 0 Å². The van der Waals surface area contributed by atoms with Crippen molar-refractivity contribution >= 4 is 7.92 Å². The third-order valence-electron chi connectivity index (χ3n) is 2.54. The minimum atomic E-state index is 0.225. The Balaban J connectivity index is 2.38. The summed E-state index contributed by atoms with van der Waals surface area (Å²) in [6, 6.07) is 8.32. The van der Waals surface area contributed by atoms with Gasteiger partial charge in [-0.05, 0) is 48.7 Å². The van der Waals surface area contributed by atoms with Gasteiger partial charge in [0.05, 0.1) is 11.6 Å². The van der Waals surface area contributed by atoms with Gasteiger partial charge in [0.1, 0.15) is 0 Å². The zero-order valence-corrected chi connectivity index (χ0v) is 8.64. The Morgan fingerprint density at radius 3 is 3.00 bits per heavy atom. The van der Waals surface area contributed by atoms with Crippen LogP contribution in [0.2, 0.25) is 0 Å². The highest BCUT2D eigenvalue weighted by Gasteiger charge is 2.14. The van der Waals surface area contributed by atoms with Crippen molar-refractivity contribution in [3.05, 3.63) is 34.9 Å². The maximum absolute atomic E-state index is 8.75. The van der Waals surface area contributed by atoms with Crippen molar-refractivity contribution in [2.75, 3.05) is 12.8 Å². The molecule has 1 aromatic rings. The first kappa shape index (κ1) is 8.73. The number of nitrogens with zero attached hydrogens (tertiary/aromatic N) is 1. The second kappa shape index (κ2) is 3.48. The third-order valence-corrected chi connectivity index (χ3v) is 4.41. The van der Waals surface area contributed by atoms with Crippen LogP contribution < -0.4 is 0 Å². The number of nitriles is 1. The molecular formula is C11H12NP. The second-order valence-electron chi connectivity index (χ2n) is 3.58. The van der Waals surface area contributed by atoms with Gasteiger partial charge in [-0.25, -0.2) is 0 Å². The predicted molar refractivity (Wildman–Crippen MR) is 56.3 cm³/mol. The van der Waals surface area contributed by atoms with E-state index in [0.717, 1.165) is 5.56 Å². The molecule has 13 heavy (non-hydrogen) atoms. The molecule has 0 saturated heterocycles. The molecule has 1 heterocycles. The van der Waals surface area contributed by atoms with Crippen LogP contribution in [0.3, 0.4) is 0 Å². The van der Waals surface area contributed by atoms with E-state index in [4.69, 9.17) is 5.26 Å². The van der Waals surface area contributed by atoms with Crippen LogP contribution in [0.25, 0.3) is 0 Å². The molecule has 1 atom stereocenters. The van der Waals surface area contributed by atoms with Gasteiger partial charge in [0, 0.05) is 0 Å². The monoisotopic (exact) mass is 189 g/mol. The lowest BCUT2D eigenvalue weighted by atomic mass is 10.0. The molecule has 0 spiro atoms. The smallest absolute Gasteiger partial charge is 0.0991 e. The molecular weight excluding hydrogens is 177 g/mol. The van der Waals surface area contributed by atoms with Gasteiger partial charge in [-0.1, -0.05) is 6.07 Å². The molecule has 0 bridgehead atoms. The molecule has 1 aliphatic rings. The molecule has 0 aliphatic carbocycles. The Morgan fingerprint density at radius 2 is 2.23 bits per heavy atom. The lowest BCUT2D eigenvalue weighted by molar-refractivity contribution is 1.06. The molecule has 0 aromatic heterocycles. The van der Waals surface area contributed by atoms with Crippen molar-refractivity contribution in [3.8, 4) is 6.07 Å². The number of hydrogen-bond acceptors (Lipinski definition) is 1. The number of aryl methyl sites for hydroxylation is 1. The van der Waals surface area contributed by atoms with E-state index < -0.39 is 0 Å². The number of hydrogen-bond donors (Lipinski definition) is 0. The van der Waals surface area contributed by atoms with Crippen LogP contribution in [-0.4, -0.2) is 12.8 Å². The van der Waals surface area contributed by atoms with Crippen LogP contribution in [0.15, 0.2) is 18.2 Å². The summed E-state index contributed by atoms with van der Waals surface area (Å²) in [5.41, 5.74) is 3.68. The summed E-state index contributed by atoms with van der Waals surface area (Å²) in [6.07, 6.45) is 3.75. The molecule has 66 valence electrons. The van der Waals surface area contributed by atoms with Crippen LogP contribution in [0.1, 0.15) is 16.7 Å². The molecule has 2 heteroatoms. The molecule has 2 rings (SSSR count). The second-order valence-corrected chi connectivity index (χ2v) is 6.06. The van der Waals surface area contributed by atoms with Gasteiger partial charge in [-0.2, -0.15) is 5.26 Å². The average molecular weight is 189 g/mol. The van der Waals surface area contributed by atoms with E-state index >= 15 is 0 Å². The number of benzene rings is 1. The summed E-state index contributed by atoms with van der Waals surface area (Å²) < 4.78 is 0. The zero-order valence-electron chi connectivity index (χ0n) is 7.75. The number of rotatable bonds is 0. The predicted octanol–water partition coefficient (Wildman–Crippen LogP) is 2.73. The molecule has 0 saturated carbocycles. The summed E-state index contributed by atoms with van der Waals surface area (Å²) in [6.45, 7) is 2.36. The fourth-order valence-electron chi connectivity index (χ4n) is 1.76. The topological polar surface area (TPSA) is 23.8 Å². The van der Waals surface area contributed by atoms with E-state index in [9.17, 15) is 0 Å². The highest BCUT2D eigenvalue weighted by atomic mass is 31.1. The molecule has 0 amide bonds. The van der Waals surface area contributed by atoms with E-state index in [1.165, 1.54) is 29.9 Å². The standard InChI is InChI=1S/C11H12NP/c1-13-5-4-10-6-9(7-12)2-3-11(10)8-13/h2-3,6H,4-5,8H2,1H3. The quantitative estimate of drug-likeness (QED) is 0.575. The molecule has 1 aliphatic heterocycles. The fraction of sp³-hybridized carbons (Fsp3) is 0.364. The number of fused-ring (bicyclic) bond motifs is 1. The zero-order chi connectivity index (χ0) is 9.26. The average Bonchev–Trinajstić information content (AvgIpc) is 2.17. The van der Waals surface area contributed by atoms with Crippen LogP contribution in [0, 0.1) is 11.3 Å². The largest absolute Gasteiger partial charge is 0.192 e. The Kier molecular flexibility index (Phi) is 2.34. The first-order chi connectivity index (χ1) is 6.29. The van der Waals surface area contributed by atoms with Crippen LogP contribution in [-0.2, 0) is 12.6 Å². The molecule has 0 N–H and O–H groups in total. The van der Waals surface area contributed by atoms with Crippen LogP contribution in [0.5, 0.6) is 0 Å². The molecule has 0 radical (unpaired) electrons. The van der Waals surface area contributed by atoms with Gasteiger partial charge < -0.3 is 0 Å². The molecule has 1 nitrogen and oxygen atoms in total. The minimum absolute atomic E-state index is 0.225. The molecule has 1 unspecified atom stereocenters. The Hall–Kier alpha value is -0.860. The van der Waals surface area contributed by atoms with E-state index in [0.29, 0.717) is 0 Å². The minimum Gasteiger partial charge on any atom is -0.192 e. The van der Waals surface area contributed by atoms with Crippen molar-refractivity contribution < 1.29 is 0 Å². The summed E-state index contributed by atoms with van der Waals surface area (Å²) in [5.74, 6) is 0. The first-order valence-electron chi connectivity index (χ1n) is 4.50. The summed E-state index contributed by atoms with van der Waals surface area (Å²) in [5, 5.41) is 8.75. The normalized spacial score (nSPS) is 20.5. The van der Waals surface area contributed by atoms with E-state index in [2.05, 4.69) is 24.9 Å². The highest BCUT2D eigenvalue weighted by Crippen LogP contribution is 2.41. The van der Waals surface area contributed by atoms with Crippen LogP contribution >= 0.6 is 7.92 Å². The van der Waals surface area contributed by atoms with Crippen molar-refractivity contribution in [1.29, 1.82) is 5.26 Å². The van der Waals surface area contributed by atoms with Gasteiger partial charge in [-0.3, -0.25) is 0 Å². The van der Waals surface area contributed by atoms with Crippen molar-refractivity contribution in [1.82, 2.24) is 0 Å². The Bertz CT molecular complexity index is 365. The van der Waals surface area contributed by atoms with Crippen molar-refractivity contribution in [2.24, 2.45) is 0 Å². The molecule has 1 aromatic carbocycles. The van der Waals surface area contributed by atoms with E-state index in [1.54, 1.807) is 0 Å². The summed E-state index contributed by atoms with van der Waals surface area (Å²) in [4.78, 5) is 0. The maximum atomic E-state index is 8.75. The SMILES string of the molecule is CP1CCc2cc(C#N)ccc2C1. The van der Waals surface area contributed by atoms with E-state index in [1.807, 2.05) is 6.07 Å². The van der Waals surface area contributed by atoms with Gasteiger partial charge in [0.15, 0.2) is 0 Å². The Morgan fingerprint density at radius 1 is 1.38 bits per heavy atom. The lowest BCUT2D eigenvalue weighted by Gasteiger charge is -2.21. The Labute approximate surface area is 80.1 Å². The first-order valence-corrected chi connectivity index (χ1v) is 6.66. The highest BCUT2D eigenvalue weighted by molar-refractivity contribution is 7.56. The van der Waals surface area contributed by atoms with Crippen LogP contribution in [0.4, 0.5) is 0 Å². The van der Waals surface area contributed by atoms with Gasteiger partial charge in [0.25, 0.3) is 0 Å². The molecule has 0 fully saturated rings. The van der Waals surface area contributed by atoms with Gasteiger partial charge in [-0.15, -0.1) is 7.92 Å². The fourth-order valence-corrected chi connectivity index (χ4v) is 3.43. The third kappa shape index (κ3) is 1.74. The summed E-state index contributed by atoms with van der Waals surface area (Å²) in [7, 11) is 0.225. The lowest BCUT2D eigenvalue weighted by Crippen LogP contribution is -2.04. The maximum Gasteiger partial charge on any atom is 0.0991 e. The van der Waals surface area contributed by atoms with Crippen molar-refractivity contribution in [3.63, 3.8) is 0 Å². The van der Waals surface area contributed by atoms with Gasteiger partial charge in [0.2, 0.25) is 0 Å². The van der Waals surface area contributed by atoms with E-state index in [-0.39, 0.29) is 7.92 Å².